The van der Waals surface area contributed by atoms with Gasteiger partial charge < -0.3 is 20.2 Å². The highest BCUT2D eigenvalue weighted by molar-refractivity contribution is 5.78. The molecule has 7 nitrogen and oxygen atoms in total. The molecule has 2 rings (SSSR count). The minimum absolute atomic E-state index is 0.00764. The third-order valence-electron chi connectivity index (χ3n) is 4.96. The van der Waals surface area contributed by atoms with Gasteiger partial charge in [0.25, 0.3) is 0 Å². The minimum Gasteiger partial charge on any atom is -0.497 e. The van der Waals surface area contributed by atoms with Gasteiger partial charge in [0.2, 0.25) is 5.91 Å². The van der Waals surface area contributed by atoms with Crippen molar-refractivity contribution < 1.29 is 14.7 Å². The zero-order chi connectivity index (χ0) is 20.5. The number of nitrogens with one attached hydrogen (secondary N) is 1. The van der Waals surface area contributed by atoms with Crippen LogP contribution in [-0.4, -0.2) is 59.2 Å². The summed E-state index contributed by atoms with van der Waals surface area (Å²) in [5, 5.41) is 17.2. The third-order valence-corrected chi connectivity index (χ3v) is 4.96. The number of nitrogens with zero attached hydrogens (tertiary/aromatic N) is 3. The van der Waals surface area contributed by atoms with Gasteiger partial charge in [0.15, 0.2) is 0 Å². The minimum atomic E-state index is -0.250. The molecule has 0 aliphatic carbocycles. The maximum Gasteiger partial charge on any atom is 0.223 e. The Morgan fingerprint density at radius 3 is 2.57 bits per heavy atom. The highest BCUT2D eigenvalue weighted by atomic mass is 16.5. The summed E-state index contributed by atoms with van der Waals surface area (Å²) >= 11 is 0. The Balaban J connectivity index is 1.88. The number of carbonyl (C=O) groups is 1. The first-order valence-electron chi connectivity index (χ1n) is 9.91. The summed E-state index contributed by atoms with van der Waals surface area (Å²) in [7, 11) is 1.62. The molecule has 2 N–H and O–H groups in total. The van der Waals surface area contributed by atoms with Gasteiger partial charge in [-0.15, -0.1) is 9.94 Å². The van der Waals surface area contributed by atoms with Crippen molar-refractivity contribution >= 4 is 5.91 Å². The zero-order valence-corrected chi connectivity index (χ0v) is 17.3. The van der Waals surface area contributed by atoms with Crippen molar-refractivity contribution in [2.75, 3.05) is 33.3 Å². The monoisotopic (exact) mass is 388 g/mol. The molecule has 0 aliphatic rings. The molecule has 28 heavy (non-hydrogen) atoms. The lowest BCUT2D eigenvalue weighted by atomic mass is 10.0. The van der Waals surface area contributed by atoms with E-state index in [0.717, 1.165) is 42.2 Å². The van der Waals surface area contributed by atoms with E-state index < -0.39 is 0 Å². The van der Waals surface area contributed by atoms with Gasteiger partial charge in [-0.25, -0.2) is 0 Å². The van der Waals surface area contributed by atoms with Gasteiger partial charge in [-0.1, -0.05) is 20.8 Å². The topological polar surface area (TPSA) is 79.6 Å². The fourth-order valence-corrected chi connectivity index (χ4v) is 3.09. The molecule has 0 bridgehead atoms. The summed E-state index contributed by atoms with van der Waals surface area (Å²) in [6.07, 6.45) is 1.35. The number of hydrogen-bond acceptors (Lipinski definition) is 5. The Labute approximate surface area is 167 Å². The summed E-state index contributed by atoms with van der Waals surface area (Å²) < 4.78 is 5.16. The smallest absolute Gasteiger partial charge is 0.223 e. The summed E-state index contributed by atoms with van der Waals surface area (Å²) in [4.78, 5) is 15.5. The second-order valence-corrected chi connectivity index (χ2v) is 6.92. The highest BCUT2D eigenvalue weighted by Gasteiger charge is 2.18. The molecular formula is C21H32N4O3. The lowest BCUT2D eigenvalue weighted by Gasteiger charge is -2.18. The van der Waals surface area contributed by atoms with Crippen molar-refractivity contribution in [1.29, 1.82) is 0 Å². The van der Waals surface area contributed by atoms with Crippen molar-refractivity contribution in [2.24, 2.45) is 5.92 Å². The first-order chi connectivity index (χ1) is 13.5. The summed E-state index contributed by atoms with van der Waals surface area (Å²) in [5.41, 5.74) is 2.15. The predicted molar refractivity (Wildman–Crippen MR) is 110 cm³/mol. The molecule has 0 fully saturated rings. The van der Waals surface area contributed by atoms with E-state index >= 15 is 0 Å². The van der Waals surface area contributed by atoms with Gasteiger partial charge in [-0.2, -0.15) is 0 Å². The molecule has 0 radical (unpaired) electrons. The van der Waals surface area contributed by atoms with Gasteiger partial charge >= 0.3 is 0 Å². The average Bonchev–Trinajstić information content (AvgIpc) is 3.08. The predicted octanol–water partition coefficient (Wildman–Crippen LogP) is 2.82. The van der Waals surface area contributed by atoms with Crippen molar-refractivity contribution in [3.05, 3.63) is 36.0 Å². The van der Waals surface area contributed by atoms with E-state index in [9.17, 15) is 10.0 Å². The zero-order valence-electron chi connectivity index (χ0n) is 17.3. The molecule has 7 heteroatoms. The molecule has 1 aromatic carbocycles. The maximum atomic E-state index is 12.3. The number of carbonyl (C=O) groups excluding carboxylic acids is 1. The molecule has 0 saturated carbocycles. The molecule has 1 heterocycles. The van der Waals surface area contributed by atoms with Crippen LogP contribution >= 0.6 is 0 Å². The molecule has 1 unspecified atom stereocenters. The number of amides is 1. The molecule has 0 aliphatic heterocycles. The Morgan fingerprint density at radius 1 is 1.29 bits per heavy atom. The largest absolute Gasteiger partial charge is 0.497 e. The van der Waals surface area contributed by atoms with Gasteiger partial charge in [0.05, 0.1) is 18.5 Å². The number of aromatic nitrogens is 2. The van der Waals surface area contributed by atoms with Crippen LogP contribution in [0, 0.1) is 5.92 Å². The Morgan fingerprint density at radius 2 is 1.96 bits per heavy atom. The molecule has 2 aromatic rings. The fourth-order valence-electron chi connectivity index (χ4n) is 3.09. The van der Waals surface area contributed by atoms with Crippen LogP contribution in [0.2, 0.25) is 0 Å². The van der Waals surface area contributed by atoms with E-state index in [4.69, 9.17) is 4.74 Å². The Kier molecular flexibility index (Phi) is 8.32. The van der Waals surface area contributed by atoms with Gasteiger partial charge in [-0.05, 0) is 56.4 Å². The molecule has 154 valence electrons. The van der Waals surface area contributed by atoms with E-state index in [-0.39, 0.29) is 11.8 Å². The van der Waals surface area contributed by atoms with Crippen LogP contribution in [0.25, 0.3) is 11.3 Å². The molecule has 1 atom stereocenters. The second kappa shape index (κ2) is 10.7. The molecule has 1 amide bonds. The molecule has 0 saturated heterocycles. The maximum absolute atomic E-state index is 12.3. The van der Waals surface area contributed by atoms with Crippen LogP contribution in [0.15, 0.2) is 30.3 Å². The number of benzene rings is 1. The lowest BCUT2D eigenvalue weighted by Crippen LogP contribution is -2.33. The number of rotatable bonds is 11. The summed E-state index contributed by atoms with van der Waals surface area (Å²) in [6, 6.07) is 9.28. The SMILES string of the molecule is CCN(CC)CCCNC(=O)C(C)Cc1cc(-c2ccc(OC)cc2)nn1O. The molecular weight excluding hydrogens is 356 g/mol. The van der Waals surface area contributed by atoms with E-state index in [1.807, 2.05) is 37.3 Å². The van der Waals surface area contributed by atoms with Gasteiger partial charge in [0.1, 0.15) is 5.75 Å². The normalized spacial score (nSPS) is 12.2. The summed E-state index contributed by atoms with van der Waals surface area (Å²) in [6.45, 7) is 9.84. The molecule has 1 aromatic heterocycles. The summed E-state index contributed by atoms with van der Waals surface area (Å²) in [5.74, 6) is 0.505. The van der Waals surface area contributed by atoms with Crippen LogP contribution in [-0.2, 0) is 11.2 Å². The molecule has 0 spiro atoms. The standard InChI is InChI=1S/C21H32N4O3/c1-5-24(6-2)13-7-12-22-21(26)16(3)14-18-15-20(23-25(18)27)17-8-10-19(28-4)11-9-17/h8-11,15-16,27H,5-7,12-14H2,1-4H3,(H,22,26). The van der Waals surface area contributed by atoms with Gasteiger partial charge in [-0.3, -0.25) is 4.79 Å². The quantitative estimate of drug-likeness (QED) is 0.457. The van der Waals surface area contributed by atoms with Crippen molar-refractivity contribution in [3.8, 4) is 17.0 Å². The van der Waals surface area contributed by atoms with Crippen LogP contribution in [0.4, 0.5) is 0 Å². The van der Waals surface area contributed by atoms with Crippen molar-refractivity contribution in [3.63, 3.8) is 0 Å². The Bertz CT molecular complexity index is 739. The fraction of sp³-hybridized carbons (Fsp3) is 0.524. The van der Waals surface area contributed by atoms with E-state index in [2.05, 4.69) is 29.2 Å². The van der Waals surface area contributed by atoms with Crippen LogP contribution < -0.4 is 10.1 Å². The van der Waals surface area contributed by atoms with Gasteiger partial charge in [0, 0.05) is 24.4 Å². The Hall–Kier alpha value is -2.54. The number of hydrogen-bond donors (Lipinski definition) is 2. The number of ether oxygens (including phenoxy) is 1. The first-order valence-corrected chi connectivity index (χ1v) is 9.91. The van der Waals surface area contributed by atoms with Crippen LogP contribution in [0.1, 0.15) is 32.9 Å². The number of methoxy groups -OCH3 is 1. The average molecular weight is 389 g/mol. The third kappa shape index (κ3) is 5.99. The van der Waals surface area contributed by atoms with E-state index in [0.29, 0.717) is 24.4 Å². The second-order valence-electron chi connectivity index (χ2n) is 6.92. The van der Waals surface area contributed by atoms with E-state index in [1.165, 1.54) is 0 Å². The lowest BCUT2D eigenvalue weighted by molar-refractivity contribution is -0.124. The van der Waals surface area contributed by atoms with Crippen molar-refractivity contribution in [2.45, 2.75) is 33.6 Å². The van der Waals surface area contributed by atoms with Crippen LogP contribution in [0.5, 0.6) is 5.75 Å². The van der Waals surface area contributed by atoms with Crippen molar-refractivity contribution in [1.82, 2.24) is 20.2 Å². The van der Waals surface area contributed by atoms with E-state index in [1.54, 1.807) is 7.11 Å². The first kappa shape index (κ1) is 21.8. The van der Waals surface area contributed by atoms with Crippen LogP contribution in [0.3, 0.4) is 0 Å². The highest BCUT2D eigenvalue weighted by Crippen LogP contribution is 2.23.